The molecule has 0 spiro atoms. The van der Waals surface area contributed by atoms with E-state index in [1.54, 1.807) is 18.2 Å². The zero-order chi connectivity index (χ0) is 16.1. The van der Waals surface area contributed by atoms with E-state index in [9.17, 15) is 4.79 Å². The molecule has 0 saturated carbocycles. The molecule has 0 atom stereocenters. The van der Waals surface area contributed by atoms with Gasteiger partial charge in [0.05, 0.1) is 26.4 Å². The molecule has 0 heterocycles. The number of esters is 1. The lowest BCUT2D eigenvalue weighted by atomic mass is 10.0. The van der Waals surface area contributed by atoms with Gasteiger partial charge in [0.25, 0.3) is 0 Å². The van der Waals surface area contributed by atoms with Crippen molar-refractivity contribution in [2.24, 2.45) is 0 Å². The third-order valence-corrected chi connectivity index (χ3v) is 3.18. The zero-order valence-electron chi connectivity index (χ0n) is 12.9. The van der Waals surface area contributed by atoms with Crippen LogP contribution in [0, 0.1) is 0 Å². The van der Waals surface area contributed by atoms with Gasteiger partial charge in [-0.05, 0) is 36.8 Å². The predicted molar refractivity (Wildman–Crippen MR) is 85.4 cm³/mol. The highest BCUT2D eigenvalue weighted by Crippen LogP contribution is 2.40. The van der Waals surface area contributed by atoms with Crippen LogP contribution in [0.1, 0.15) is 17.3 Å². The number of methoxy groups -OCH3 is 2. The molecule has 2 aromatic carbocycles. The largest absolute Gasteiger partial charge is 0.493 e. The van der Waals surface area contributed by atoms with Gasteiger partial charge in [-0.2, -0.15) is 0 Å². The number of hydrogen-bond donors (Lipinski definition) is 1. The van der Waals surface area contributed by atoms with E-state index in [-0.39, 0.29) is 0 Å². The quantitative estimate of drug-likeness (QED) is 0.678. The SMILES string of the molecule is CCOc1c(OC)cc(C(=O)OC)cc1-c1cccc(N)c1. The Kier molecular flexibility index (Phi) is 4.88. The van der Waals surface area contributed by atoms with E-state index < -0.39 is 5.97 Å². The number of rotatable bonds is 5. The van der Waals surface area contributed by atoms with E-state index in [1.807, 2.05) is 25.1 Å². The Balaban J connectivity index is 2.69. The standard InChI is InChI=1S/C17H19NO4/c1-4-22-16-14(11-6-5-7-13(18)8-11)9-12(17(19)21-3)10-15(16)20-2/h5-10H,4,18H2,1-3H3. The summed E-state index contributed by atoms with van der Waals surface area (Å²) in [6.45, 7) is 2.36. The Morgan fingerprint density at radius 2 is 1.95 bits per heavy atom. The number of ether oxygens (including phenoxy) is 3. The number of carbonyl (C=O) groups excluding carboxylic acids is 1. The van der Waals surface area contributed by atoms with Crippen LogP contribution in [0.2, 0.25) is 0 Å². The minimum atomic E-state index is -0.438. The lowest BCUT2D eigenvalue weighted by molar-refractivity contribution is 0.0600. The molecule has 5 heteroatoms. The topological polar surface area (TPSA) is 70.8 Å². The van der Waals surface area contributed by atoms with Gasteiger partial charge >= 0.3 is 5.97 Å². The number of hydrogen-bond acceptors (Lipinski definition) is 5. The van der Waals surface area contributed by atoms with E-state index in [4.69, 9.17) is 19.9 Å². The fourth-order valence-corrected chi connectivity index (χ4v) is 2.20. The van der Waals surface area contributed by atoms with Gasteiger partial charge in [-0.15, -0.1) is 0 Å². The molecular weight excluding hydrogens is 282 g/mol. The van der Waals surface area contributed by atoms with Crippen molar-refractivity contribution in [2.45, 2.75) is 6.92 Å². The van der Waals surface area contributed by atoms with Gasteiger partial charge in [0.2, 0.25) is 0 Å². The molecule has 2 N–H and O–H groups in total. The third kappa shape index (κ3) is 3.14. The molecular formula is C17H19NO4. The summed E-state index contributed by atoms with van der Waals surface area (Å²) in [6, 6.07) is 10.7. The highest BCUT2D eigenvalue weighted by molar-refractivity contribution is 5.93. The average Bonchev–Trinajstić information content (AvgIpc) is 2.54. The maximum Gasteiger partial charge on any atom is 0.338 e. The molecule has 22 heavy (non-hydrogen) atoms. The number of nitrogen functional groups attached to an aromatic ring is 1. The summed E-state index contributed by atoms with van der Waals surface area (Å²) in [6.07, 6.45) is 0. The van der Waals surface area contributed by atoms with Crippen LogP contribution in [0.25, 0.3) is 11.1 Å². The van der Waals surface area contributed by atoms with Gasteiger partial charge in [0.15, 0.2) is 11.5 Å². The Labute approximate surface area is 129 Å². The highest BCUT2D eigenvalue weighted by atomic mass is 16.5. The molecule has 0 saturated heterocycles. The Morgan fingerprint density at radius 1 is 1.18 bits per heavy atom. The summed E-state index contributed by atoms with van der Waals surface area (Å²) < 4.78 is 15.9. The molecule has 0 fully saturated rings. The summed E-state index contributed by atoms with van der Waals surface area (Å²) in [5.41, 5.74) is 8.44. The van der Waals surface area contributed by atoms with Crippen LogP contribution in [-0.4, -0.2) is 26.8 Å². The summed E-state index contributed by atoms with van der Waals surface area (Å²) >= 11 is 0. The number of nitrogens with two attached hydrogens (primary N) is 1. The van der Waals surface area contributed by atoms with E-state index in [2.05, 4.69) is 0 Å². The van der Waals surface area contributed by atoms with Gasteiger partial charge < -0.3 is 19.9 Å². The monoisotopic (exact) mass is 301 g/mol. The van der Waals surface area contributed by atoms with E-state index in [0.29, 0.717) is 29.4 Å². The second-order valence-corrected chi connectivity index (χ2v) is 4.61. The minimum absolute atomic E-state index is 0.389. The van der Waals surface area contributed by atoms with Gasteiger partial charge in [0.1, 0.15) is 0 Å². The smallest absolute Gasteiger partial charge is 0.338 e. The molecule has 5 nitrogen and oxygen atoms in total. The van der Waals surface area contributed by atoms with Crippen molar-refractivity contribution >= 4 is 11.7 Å². The van der Waals surface area contributed by atoms with Crippen LogP contribution in [0.4, 0.5) is 5.69 Å². The van der Waals surface area contributed by atoms with Crippen molar-refractivity contribution in [2.75, 3.05) is 26.6 Å². The maximum absolute atomic E-state index is 11.9. The van der Waals surface area contributed by atoms with Crippen molar-refractivity contribution in [1.82, 2.24) is 0 Å². The van der Waals surface area contributed by atoms with Crippen molar-refractivity contribution in [1.29, 1.82) is 0 Å². The lowest BCUT2D eigenvalue weighted by Gasteiger charge is -2.16. The fourth-order valence-electron chi connectivity index (χ4n) is 2.20. The Hall–Kier alpha value is -2.69. The zero-order valence-corrected chi connectivity index (χ0v) is 12.9. The van der Waals surface area contributed by atoms with E-state index in [0.717, 1.165) is 11.1 Å². The minimum Gasteiger partial charge on any atom is -0.493 e. The molecule has 2 rings (SSSR count). The summed E-state index contributed by atoms with van der Waals surface area (Å²) in [5, 5.41) is 0. The van der Waals surface area contributed by atoms with Crippen molar-refractivity contribution < 1.29 is 19.0 Å². The second-order valence-electron chi connectivity index (χ2n) is 4.61. The molecule has 116 valence electrons. The molecule has 0 amide bonds. The fraction of sp³-hybridized carbons (Fsp3) is 0.235. The summed E-state index contributed by atoms with van der Waals surface area (Å²) in [4.78, 5) is 11.9. The van der Waals surface area contributed by atoms with Crippen LogP contribution in [0.15, 0.2) is 36.4 Å². The van der Waals surface area contributed by atoms with Crippen LogP contribution >= 0.6 is 0 Å². The third-order valence-electron chi connectivity index (χ3n) is 3.18. The molecule has 0 unspecified atom stereocenters. The molecule has 2 aromatic rings. The molecule has 0 bridgehead atoms. The normalized spacial score (nSPS) is 10.1. The molecule has 0 aliphatic carbocycles. The number of benzene rings is 2. The predicted octanol–water partition coefficient (Wildman–Crippen LogP) is 3.13. The van der Waals surface area contributed by atoms with Crippen LogP contribution < -0.4 is 15.2 Å². The lowest BCUT2D eigenvalue weighted by Crippen LogP contribution is -2.05. The molecule has 0 radical (unpaired) electrons. The van der Waals surface area contributed by atoms with Crippen LogP contribution in [-0.2, 0) is 4.74 Å². The first-order valence-electron chi connectivity index (χ1n) is 6.89. The van der Waals surface area contributed by atoms with Gasteiger partial charge in [-0.3, -0.25) is 0 Å². The number of anilines is 1. The van der Waals surface area contributed by atoms with Crippen LogP contribution in [0.3, 0.4) is 0 Å². The van der Waals surface area contributed by atoms with Gasteiger partial charge in [0, 0.05) is 11.3 Å². The Morgan fingerprint density at radius 3 is 2.55 bits per heavy atom. The Bertz CT molecular complexity index is 682. The maximum atomic E-state index is 11.9. The van der Waals surface area contributed by atoms with Gasteiger partial charge in [-0.1, -0.05) is 12.1 Å². The molecule has 0 aromatic heterocycles. The van der Waals surface area contributed by atoms with Crippen molar-refractivity contribution in [3.8, 4) is 22.6 Å². The summed E-state index contributed by atoms with van der Waals surface area (Å²) in [7, 11) is 2.87. The first kappa shape index (κ1) is 15.7. The molecule has 0 aliphatic rings. The van der Waals surface area contributed by atoms with Crippen LogP contribution in [0.5, 0.6) is 11.5 Å². The summed E-state index contributed by atoms with van der Waals surface area (Å²) in [5.74, 6) is 0.608. The van der Waals surface area contributed by atoms with Gasteiger partial charge in [-0.25, -0.2) is 4.79 Å². The van der Waals surface area contributed by atoms with E-state index >= 15 is 0 Å². The second kappa shape index (κ2) is 6.85. The highest BCUT2D eigenvalue weighted by Gasteiger charge is 2.18. The van der Waals surface area contributed by atoms with Crippen molar-refractivity contribution in [3.05, 3.63) is 42.0 Å². The number of carbonyl (C=O) groups is 1. The average molecular weight is 301 g/mol. The molecule has 0 aliphatic heterocycles. The first-order valence-corrected chi connectivity index (χ1v) is 6.89. The van der Waals surface area contributed by atoms with Crippen molar-refractivity contribution in [3.63, 3.8) is 0 Å². The first-order chi connectivity index (χ1) is 10.6. The van der Waals surface area contributed by atoms with E-state index in [1.165, 1.54) is 14.2 Å².